The number of rotatable bonds is 3. The van der Waals surface area contributed by atoms with E-state index >= 15 is 0 Å². The van der Waals surface area contributed by atoms with Crippen molar-refractivity contribution in [2.45, 2.75) is 15.2 Å². The van der Waals surface area contributed by atoms with Gasteiger partial charge in [-0.25, -0.2) is 9.97 Å². The Morgan fingerprint density at radius 3 is 1.78 bits per heavy atom. The van der Waals surface area contributed by atoms with Gasteiger partial charge >= 0.3 is 0 Å². The van der Waals surface area contributed by atoms with Crippen molar-refractivity contribution in [2.24, 2.45) is 0 Å². The zero-order valence-corrected chi connectivity index (χ0v) is 25.7. The molecule has 216 valence electrons. The van der Waals surface area contributed by atoms with Gasteiger partial charge in [0.25, 0.3) is 0 Å². The quantitative estimate of drug-likeness (QED) is 0.201. The predicted octanol–water partition coefficient (Wildman–Crippen LogP) is 10.2. The van der Waals surface area contributed by atoms with E-state index in [-0.39, 0.29) is 0 Å². The average Bonchev–Trinajstić information content (AvgIpc) is 3.27. The summed E-state index contributed by atoms with van der Waals surface area (Å²) in [6, 6.07) is 49.9. The van der Waals surface area contributed by atoms with E-state index in [9.17, 15) is 0 Å². The highest BCUT2D eigenvalue weighted by atomic mass is 32.2. The van der Waals surface area contributed by atoms with Gasteiger partial charge in [-0.1, -0.05) is 127 Å². The lowest BCUT2D eigenvalue weighted by Gasteiger charge is -2.42. The lowest BCUT2D eigenvalue weighted by molar-refractivity contribution is 0.701. The summed E-state index contributed by atoms with van der Waals surface area (Å²) in [5.41, 5.74) is 11.8. The third-order valence-electron chi connectivity index (χ3n) is 9.08. The molecule has 0 unspecified atom stereocenters. The normalized spacial score (nSPS) is 13.7. The highest BCUT2D eigenvalue weighted by Gasteiger charge is 2.46. The molecule has 0 amide bonds. The van der Waals surface area contributed by atoms with Crippen LogP contribution in [-0.4, -0.2) is 15.0 Å². The first-order chi connectivity index (χ1) is 22.8. The van der Waals surface area contributed by atoms with Crippen molar-refractivity contribution >= 4 is 23.9 Å². The summed E-state index contributed by atoms with van der Waals surface area (Å²) in [7, 11) is 0. The predicted molar refractivity (Wildman–Crippen MR) is 187 cm³/mol. The Hall–Kier alpha value is -5.58. The number of nitrogens with zero attached hydrogens (tertiary/aromatic N) is 3. The van der Waals surface area contributed by atoms with Crippen LogP contribution in [0.4, 0.5) is 0 Å². The number of benzene rings is 5. The van der Waals surface area contributed by atoms with E-state index in [0.29, 0.717) is 5.82 Å². The van der Waals surface area contributed by atoms with Gasteiger partial charge in [0.2, 0.25) is 0 Å². The van der Waals surface area contributed by atoms with E-state index < -0.39 is 5.41 Å². The largest absolute Gasteiger partial charge is 0.264 e. The van der Waals surface area contributed by atoms with Gasteiger partial charge in [-0.3, -0.25) is 4.98 Å². The highest BCUT2D eigenvalue weighted by Crippen LogP contribution is 2.58. The van der Waals surface area contributed by atoms with Gasteiger partial charge in [0.05, 0.1) is 16.8 Å². The summed E-state index contributed by atoms with van der Waals surface area (Å²) in [5.74, 6) is 0.657. The van der Waals surface area contributed by atoms with Crippen molar-refractivity contribution in [2.75, 3.05) is 0 Å². The van der Waals surface area contributed by atoms with E-state index in [1.807, 2.05) is 48.3 Å². The lowest BCUT2D eigenvalue weighted by Crippen LogP contribution is -2.35. The maximum Gasteiger partial charge on any atom is 0.161 e. The van der Waals surface area contributed by atoms with Crippen LogP contribution in [-0.2, 0) is 5.41 Å². The van der Waals surface area contributed by atoms with E-state index in [2.05, 4.69) is 126 Å². The van der Waals surface area contributed by atoms with Gasteiger partial charge in [-0.2, -0.15) is 0 Å². The Bertz CT molecular complexity index is 2190. The fraction of sp³-hybridized carbons (Fsp3) is 0.0238. The second kappa shape index (κ2) is 10.8. The Kier molecular flexibility index (Phi) is 6.29. The minimum Gasteiger partial charge on any atom is -0.264 e. The molecule has 9 rings (SSSR count). The molecular weight excluding hydrogens is 579 g/mol. The summed E-state index contributed by atoms with van der Waals surface area (Å²) >= 11 is 1.86. The molecule has 7 aromatic rings. The average molecular weight is 606 g/mol. The summed E-state index contributed by atoms with van der Waals surface area (Å²) in [5, 5.41) is 0. The molecule has 5 aromatic carbocycles. The summed E-state index contributed by atoms with van der Waals surface area (Å²) in [4.78, 5) is 17.1. The topological polar surface area (TPSA) is 38.7 Å². The third kappa shape index (κ3) is 4.18. The molecule has 2 aliphatic rings. The van der Waals surface area contributed by atoms with Gasteiger partial charge in [-0.05, 0) is 69.8 Å². The molecule has 1 aliphatic carbocycles. The van der Waals surface area contributed by atoms with E-state index in [0.717, 1.165) is 28.1 Å². The zero-order chi connectivity index (χ0) is 30.5. The molecule has 1 spiro atoms. The molecule has 3 nitrogen and oxygen atoms in total. The second-order valence-electron chi connectivity index (χ2n) is 11.6. The summed E-state index contributed by atoms with van der Waals surface area (Å²) < 4.78 is 0. The molecule has 0 fully saturated rings. The van der Waals surface area contributed by atoms with Crippen LogP contribution in [0, 0.1) is 0 Å². The van der Waals surface area contributed by atoms with Crippen molar-refractivity contribution in [3.63, 3.8) is 0 Å². The Labute approximate surface area is 272 Å². The van der Waals surface area contributed by atoms with Crippen molar-refractivity contribution < 1.29 is 0 Å². The summed E-state index contributed by atoms with van der Waals surface area (Å²) in [6.45, 7) is 0. The van der Waals surface area contributed by atoms with Crippen molar-refractivity contribution in [3.05, 3.63) is 185 Å². The molecule has 0 N–H and O–H groups in total. The number of fused-ring (bicyclic) bond motifs is 8. The minimum atomic E-state index is -0.522. The SMILES string of the molecule is C1=Cc2ccc(-c3cc(-c4ccccc4)nc(-c4cccnc4)n3)cc2C2(c3ccccc31)c1ccccc1Sc1ccccc12. The second-order valence-corrected chi connectivity index (χ2v) is 12.7. The molecule has 0 saturated carbocycles. The zero-order valence-electron chi connectivity index (χ0n) is 24.8. The van der Waals surface area contributed by atoms with Crippen LogP contribution in [0.1, 0.15) is 33.4 Å². The third-order valence-corrected chi connectivity index (χ3v) is 10.2. The van der Waals surface area contributed by atoms with Gasteiger partial charge in [-0.15, -0.1) is 0 Å². The Balaban J connectivity index is 1.35. The molecule has 0 saturated heterocycles. The van der Waals surface area contributed by atoms with Crippen LogP contribution in [0.15, 0.2) is 162 Å². The Morgan fingerprint density at radius 1 is 0.457 bits per heavy atom. The fourth-order valence-electron chi connectivity index (χ4n) is 7.05. The molecule has 0 atom stereocenters. The maximum atomic E-state index is 5.17. The maximum absolute atomic E-state index is 5.17. The molecule has 4 heteroatoms. The molecule has 46 heavy (non-hydrogen) atoms. The first-order valence-corrected chi connectivity index (χ1v) is 16.2. The van der Waals surface area contributed by atoms with Gasteiger partial charge < -0.3 is 0 Å². The van der Waals surface area contributed by atoms with Crippen molar-refractivity contribution in [1.82, 2.24) is 15.0 Å². The highest BCUT2D eigenvalue weighted by molar-refractivity contribution is 7.99. The van der Waals surface area contributed by atoms with E-state index in [4.69, 9.17) is 9.97 Å². The molecule has 2 aromatic heterocycles. The van der Waals surface area contributed by atoms with Crippen LogP contribution in [0.25, 0.3) is 46.1 Å². The van der Waals surface area contributed by atoms with Gasteiger partial charge in [0, 0.05) is 38.9 Å². The van der Waals surface area contributed by atoms with Crippen molar-refractivity contribution in [3.8, 4) is 33.9 Å². The van der Waals surface area contributed by atoms with Crippen LogP contribution >= 0.6 is 11.8 Å². The molecule has 3 heterocycles. The molecule has 0 bridgehead atoms. The van der Waals surface area contributed by atoms with Crippen LogP contribution < -0.4 is 0 Å². The number of hydrogen-bond donors (Lipinski definition) is 0. The number of hydrogen-bond acceptors (Lipinski definition) is 4. The first-order valence-electron chi connectivity index (χ1n) is 15.4. The van der Waals surface area contributed by atoms with Crippen LogP contribution in [0.3, 0.4) is 0 Å². The van der Waals surface area contributed by atoms with Gasteiger partial charge in [0.15, 0.2) is 5.82 Å². The number of aromatic nitrogens is 3. The van der Waals surface area contributed by atoms with Gasteiger partial charge in [0.1, 0.15) is 0 Å². The van der Waals surface area contributed by atoms with Crippen molar-refractivity contribution in [1.29, 1.82) is 0 Å². The van der Waals surface area contributed by atoms with Crippen LogP contribution in [0.2, 0.25) is 0 Å². The fourth-order valence-corrected chi connectivity index (χ4v) is 8.24. The molecule has 1 aliphatic heterocycles. The lowest BCUT2D eigenvalue weighted by atomic mass is 9.63. The minimum absolute atomic E-state index is 0.522. The molecule has 0 radical (unpaired) electrons. The Morgan fingerprint density at radius 2 is 1.07 bits per heavy atom. The monoisotopic (exact) mass is 605 g/mol. The van der Waals surface area contributed by atoms with E-state index in [1.165, 1.54) is 43.2 Å². The van der Waals surface area contributed by atoms with E-state index in [1.54, 1.807) is 6.20 Å². The number of pyridine rings is 1. The van der Waals surface area contributed by atoms with Crippen LogP contribution in [0.5, 0.6) is 0 Å². The standard InChI is InChI=1S/C42H27N3S/c1-2-12-30(13-3-1)37-26-38(45-41(44-37)32-14-10-24-43-27-32)31-23-22-29-21-20-28-11-4-5-15-33(28)42(36(29)25-31)34-16-6-8-18-39(34)46-40-19-9-7-17-35(40)42/h1-27H. The summed E-state index contributed by atoms with van der Waals surface area (Å²) in [6.07, 6.45) is 8.15. The molecular formula is C42H27N3S. The smallest absolute Gasteiger partial charge is 0.161 e. The first kappa shape index (κ1) is 26.8.